The van der Waals surface area contributed by atoms with Crippen LogP contribution in [0.4, 0.5) is 4.39 Å². The van der Waals surface area contributed by atoms with Gasteiger partial charge in [0, 0.05) is 11.4 Å². The van der Waals surface area contributed by atoms with E-state index in [0.717, 1.165) is 33.7 Å². The minimum Gasteiger partial charge on any atom is -0.349 e. The molecule has 5 nitrogen and oxygen atoms in total. The number of carbonyl (C=O) groups is 1. The lowest BCUT2D eigenvalue weighted by molar-refractivity contribution is -0.119. The van der Waals surface area contributed by atoms with Gasteiger partial charge in [-0.2, -0.15) is 0 Å². The molecule has 0 radical (unpaired) electrons. The van der Waals surface area contributed by atoms with Gasteiger partial charge in [-0.15, -0.1) is 11.3 Å². The van der Waals surface area contributed by atoms with Crippen molar-refractivity contribution in [3.63, 3.8) is 0 Å². The van der Waals surface area contributed by atoms with Gasteiger partial charge in [-0.25, -0.2) is 9.37 Å². The van der Waals surface area contributed by atoms with E-state index in [9.17, 15) is 14.0 Å². The van der Waals surface area contributed by atoms with Crippen LogP contribution in [0.2, 0.25) is 0 Å². The number of nitrogens with zero attached hydrogens (tertiary/aromatic N) is 2. The first-order valence-corrected chi connectivity index (χ1v) is 11.8. The van der Waals surface area contributed by atoms with Crippen LogP contribution in [0.3, 0.4) is 0 Å². The molecule has 0 spiro atoms. The predicted molar refractivity (Wildman–Crippen MR) is 122 cm³/mol. The van der Waals surface area contributed by atoms with Crippen molar-refractivity contribution in [3.05, 3.63) is 56.4 Å². The van der Waals surface area contributed by atoms with Crippen LogP contribution in [0.25, 0.3) is 10.2 Å². The summed E-state index contributed by atoms with van der Waals surface area (Å²) in [5, 5.41) is 4.18. The third-order valence-electron chi connectivity index (χ3n) is 5.07. The van der Waals surface area contributed by atoms with Gasteiger partial charge in [-0.05, 0) is 50.5 Å². The van der Waals surface area contributed by atoms with E-state index in [0.29, 0.717) is 17.1 Å². The Morgan fingerprint density at radius 3 is 2.67 bits per heavy atom. The Morgan fingerprint density at radius 2 is 2.00 bits per heavy atom. The first-order chi connectivity index (χ1) is 14.3. The second-order valence-electron chi connectivity index (χ2n) is 7.30. The molecule has 1 unspecified atom stereocenters. The molecule has 0 bridgehead atoms. The first kappa shape index (κ1) is 22.5. The van der Waals surface area contributed by atoms with Gasteiger partial charge in [-0.3, -0.25) is 14.2 Å². The Kier molecular flexibility index (Phi) is 7.31. The van der Waals surface area contributed by atoms with Gasteiger partial charge in [0.1, 0.15) is 10.6 Å². The maximum atomic E-state index is 13.1. The molecule has 0 aliphatic heterocycles. The summed E-state index contributed by atoms with van der Waals surface area (Å²) in [6.45, 7) is 8.47. The molecule has 160 valence electrons. The lowest BCUT2D eigenvalue weighted by Crippen LogP contribution is -2.29. The fourth-order valence-corrected chi connectivity index (χ4v) is 5.09. The van der Waals surface area contributed by atoms with Gasteiger partial charge in [0.15, 0.2) is 5.16 Å². The molecule has 0 saturated heterocycles. The highest BCUT2D eigenvalue weighted by atomic mass is 32.2. The Labute approximate surface area is 183 Å². The van der Waals surface area contributed by atoms with Gasteiger partial charge in [0.25, 0.3) is 5.56 Å². The number of thiophene rings is 1. The average Bonchev–Trinajstić information content (AvgIpc) is 3.00. The van der Waals surface area contributed by atoms with Crippen molar-refractivity contribution in [2.75, 3.05) is 5.75 Å². The number of amides is 1. The molecular weight excluding hydrogens is 421 g/mol. The molecular formula is C22H26FN3O2S2. The molecule has 1 atom stereocenters. The monoisotopic (exact) mass is 447 g/mol. The number of nitrogens with one attached hydrogen (secondary N) is 1. The normalized spacial score (nSPS) is 12.3. The molecule has 0 aliphatic rings. The Balaban J connectivity index is 1.77. The molecule has 2 aromatic heterocycles. The Bertz CT molecular complexity index is 1110. The molecule has 0 saturated carbocycles. The number of aromatic nitrogens is 2. The number of thioether (sulfide) groups is 1. The van der Waals surface area contributed by atoms with E-state index in [1.54, 1.807) is 16.7 Å². The standard InChI is InChI=1S/C22H26FN3O2S2/c1-5-6-11-26-21(28)19-13(2)15(4)30-20(19)25-22(26)29-12-18(27)24-14(3)16-7-9-17(23)10-8-16/h7-10,14H,5-6,11-12H2,1-4H3,(H,24,27). The van der Waals surface area contributed by atoms with E-state index >= 15 is 0 Å². The fourth-order valence-electron chi connectivity index (χ4n) is 3.18. The highest BCUT2D eigenvalue weighted by Gasteiger charge is 2.18. The number of fused-ring (bicyclic) bond motifs is 1. The molecule has 30 heavy (non-hydrogen) atoms. The van der Waals surface area contributed by atoms with Crippen LogP contribution >= 0.6 is 23.1 Å². The highest BCUT2D eigenvalue weighted by Crippen LogP contribution is 2.28. The quantitative estimate of drug-likeness (QED) is 0.391. The molecule has 1 amide bonds. The van der Waals surface area contributed by atoms with Crippen LogP contribution in [0, 0.1) is 19.7 Å². The van der Waals surface area contributed by atoms with Gasteiger partial charge < -0.3 is 5.32 Å². The van der Waals surface area contributed by atoms with Crippen LogP contribution in [0.5, 0.6) is 0 Å². The number of rotatable bonds is 8. The summed E-state index contributed by atoms with van der Waals surface area (Å²) in [6.07, 6.45) is 1.84. The summed E-state index contributed by atoms with van der Waals surface area (Å²) in [5.74, 6) is -0.316. The Hall–Kier alpha value is -2.19. The van der Waals surface area contributed by atoms with Gasteiger partial charge >= 0.3 is 0 Å². The average molecular weight is 448 g/mol. The minimum atomic E-state index is -0.307. The van der Waals surface area contributed by atoms with Crippen LogP contribution < -0.4 is 10.9 Å². The number of aryl methyl sites for hydroxylation is 2. The fraction of sp³-hybridized carbons (Fsp3) is 0.409. The second kappa shape index (κ2) is 9.75. The zero-order chi connectivity index (χ0) is 21.8. The number of halogens is 1. The second-order valence-corrected chi connectivity index (χ2v) is 9.44. The topological polar surface area (TPSA) is 64.0 Å². The van der Waals surface area contributed by atoms with E-state index in [4.69, 9.17) is 4.98 Å². The SMILES string of the molecule is CCCCn1c(SCC(=O)NC(C)c2ccc(F)cc2)nc2sc(C)c(C)c2c1=O. The number of hydrogen-bond acceptors (Lipinski definition) is 5. The number of carbonyl (C=O) groups excluding carboxylic acids is 1. The molecule has 2 heterocycles. The van der Waals surface area contributed by atoms with Crippen LogP contribution in [-0.2, 0) is 11.3 Å². The minimum absolute atomic E-state index is 0.0297. The van der Waals surface area contributed by atoms with Crippen LogP contribution in [0.1, 0.15) is 48.7 Å². The summed E-state index contributed by atoms with van der Waals surface area (Å²) < 4.78 is 14.8. The molecule has 3 aromatic rings. The first-order valence-electron chi connectivity index (χ1n) is 10.00. The highest BCUT2D eigenvalue weighted by molar-refractivity contribution is 7.99. The van der Waals surface area contributed by atoms with E-state index < -0.39 is 0 Å². The van der Waals surface area contributed by atoms with Crippen molar-refractivity contribution in [1.82, 2.24) is 14.9 Å². The Morgan fingerprint density at radius 1 is 1.30 bits per heavy atom. The molecule has 0 aliphatic carbocycles. The smallest absolute Gasteiger partial charge is 0.263 e. The van der Waals surface area contributed by atoms with Crippen molar-refractivity contribution in [3.8, 4) is 0 Å². The maximum Gasteiger partial charge on any atom is 0.263 e. The number of hydrogen-bond donors (Lipinski definition) is 1. The van der Waals surface area contributed by atoms with E-state index in [1.807, 2.05) is 20.8 Å². The summed E-state index contributed by atoms with van der Waals surface area (Å²) >= 11 is 2.79. The molecule has 1 aromatic carbocycles. The predicted octanol–water partition coefficient (Wildman–Crippen LogP) is 4.98. The largest absolute Gasteiger partial charge is 0.349 e. The zero-order valence-corrected chi connectivity index (χ0v) is 19.3. The van der Waals surface area contributed by atoms with E-state index in [-0.39, 0.29) is 29.1 Å². The van der Waals surface area contributed by atoms with Crippen LogP contribution in [0.15, 0.2) is 34.2 Å². The summed E-state index contributed by atoms with van der Waals surface area (Å²) in [7, 11) is 0. The van der Waals surface area contributed by atoms with Gasteiger partial charge in [-0.1, -0.05) is 37.2 Å². The third kappa shape index (κ3) is 4.92. The van der Waals surface area contributed by atoms with Gasteiger partial charge in [0.2, 0.25) is 5.91 Å². The third-order valence-corrected chi connectivity index (χ3v) is 7.15. The lowest BCUT2D eigenvalue weighted by Gasteiger charge is -2.15. The molecule has 3 rings (SSSR count). The van der Waals surface area contributed by atoms with E-state index in [1.165, 1.54) is 35.2 Å². The molecule has 0 fully saturated rings. The number of benzene rings is 1. The van der Waals surface area contributed by atoms with Crippen molar-refractivity contribution in [2.24, 2.45) is 0 Å². The maximum absolute atomic E-state index is 13.1. The van der Waals surface area contributed by atoms with E-state index in [2.05, 4.69) is 12.2 Å². The number of unbranched alkanes of at least 4 members (excludes halogenated alkanes) is 1. The van der Waals surface area contributed by atoms with Gasteiger partial charge in [0.05, 0.1) is 17.2 Å². The lowest BCUT2D eigenvalue weighted by atomic mass is 10.1. The van der Waals surface area contributed by atoms with Crippen molar-refractivity contribution < 1.29 is 9.18 Å². The molecule has 1 N–H and O–H groups in total. The molecule has 8 heteroatoms. The zero-order valence-electron chi connectivity index (χ0n) is 17.6. The summed E-state index contributed by atoms with van der Waals surface area (Å²) in [4.78, 5) is 32.1. The van der Waals surface area contributed by atoms with Crippen molar-refractivity contribution >= 4 is 39.2 Å². The van der Waals surface area contributed by atoms with Crippen molar-refractivity contribution in [1.29, 1.82) is 0 Å². The summed E-state index contributed by atoms with van der Waals surface area (Å²) in [5.41, 5.74) is 1.79. The summed E-state index contributed by atoms with van der Waals surface area (Å²) in [6, 6.07) is 5.84. The van der Waals surface area contributed by atoms with Crippen molar-refractivity contribution in [2.45, 2.75) is 58.3 Å². The van der Waals surface area contributed by atoms with Crippen LogP contribution in [-0.4, -0.2) is 21.2 Å².